The molecule has 0 spiro atoms. The Morgan fingerprint density at radius 3 is 2.18 bits per heavy atom. The number of amides is 4. The number of hydrogen-bond acceptors (Lipinski definition) is 8. The minimum Gasteiger partial charge on any atom is -0.508 e. The molecule has 202 valence electrons. The molecule has 0 bridgehead atoms. The van der Waals surface area contributed by atoms with Crippen molar-refractivity contribution in [2.24, 2.45) is 5.73 Å². The number of nitrogens with two attached hydrogens (primary N) is 1. The standard InChI is InChI=1S/C26H31N5O7/c1-26(2,3)38-25(36)30-20(15-21(28)33)24(35)31(14-13-27)22(16-5-9-18(32)10-6-16)23(34)29-17-7-11-19(37-4)12-8-17/h5-12,20,22,32H,14-15H2,1-4H3,(H2,28,33)(H,29,34)(H,30,36). The normalized spacial score (nSPS) is 12.3. The molecule has 2 aromatic rings. The highest BCUT2D eigenvalue weighted by molar-refractivity contribution is 5.99. The number of nitrogens with one attached hydrogen (secondary N) is 2. The van der Waals surface area contributed by atoms with Gasteiger partial charge in [-0.2, -0.15) is 5.26 Å². The van der Waals surface area contributed by atoms with Gasteiger partial charge in [-0.25, -0.2) is 4.79 Å². The van der Waals surface area contributed by atoms with Gasteiger partial charge in [-0.05, 0) is 62.7 Å². The minimum atomic E-state index is -1.52. The third-order valence-corrected chi connectivity index (χ3v) is 5.04. The lowest BCUT2D eigenvalue weighted by molar-refractivity contribution is -0.141. The molecule has 0 aliphatic carbocycles. The molecule has 0 heterocycles. The van der Waals surface area contributed by atoms with Crippen LogP contribution in [0.2, 0.25) is 0 Å². The van der Waals surface area contributed by atoms with Gasteiger partial charge in [0, 0.05) is 5.69 Å². The van der Waals surface area contributed by atoms with Crippen LogP contribution in [0.1, 0.15) is 38.8 Å². The molecule has 0 aliphatic heterocycles. The Balaban J connectivity index is 2.48. The highest BCUT2D eigenvalue weighted by Gasteiger charge is 2.37. The van der Waals surface area contributed by atoms with Crippen molar-refractivity contribution < 1.29 is 33.8 Å². The number of phenolic OH excluding ortho intramolecular Hbond substituents is 1. The Labute approximate surface area is 220 Å². The predicted octanol–water partition coefficient (Wildman–Crippen LogP) is 2.20. The monoisotopic (exact) mass is 525 g/mol. The molecule has 12 heteroatoms. The first kappa shape index (κ1) is 29.4. The number of alkyl carbamates (subject to hydrolysis) is 1. The molecule has 0 fully saturated rings. The van der Waals surface area contributed by atoms with Crippen LogP contribution in [0.15, 0.2) is 48.5 Å². The molecule has 38 heavy (non-hydrogen) atoms. The Morgan fingerprint density at radius 1 is 1.08 bits per heavy atom. The first-order valence-corrected chi connectivity index (χ1v) is 11.5. The fourth-order valence-corrected chi connectivity index (χ4v) is 3.44. The van der Waals surface area contributed by atoms with Crippen LogP contribution in [0.3, 0.4) is 0 Å². The number of phenols is 1. The molecule has 0 aromatic heterocycles. The van der Waals surface area contributed by atoms with Gasteiger partial charge in [-0.15, -0.1) is 0 Å². The summed E-state index contributed by atoms with van der Waals surface area (Å²) in [5.41, 5.74) is 5.05. The number of methoxy groups -OCH3 is 1. The molecule has 2 unspecified atom stereocenters. The second-order valence-corrected chi connectivity index (χ2v) is 9.21. The Kier molecular flexibility index (Phi) is 10.0. The summed E-state index contributed by atoms with van der Waals surface area (Å²) in [6.45, 7) is 4.27. The maximum Gasteiger partial charge on any atom is 0.408 e. The molecule has 0 saturated carbocycles. The summed E-state index contributed by atoms with van der Waals surface area (Å²) in [4.78, 5) is 52.2. The zero-order chi connectivity index (χ0) is 28.5. The average Bonchev–Trinajstić information content (AvgIpc) is 2.83. The van der Waals surface area contributed by atoms with E-state index in [4.69, 9.17) is 15.2 Å². The molecule has 2 aromatic carbocycles. The fraction of sp³-hybridized carbons (Fsp3) is 0.346. The van der Waals surface area contributed by atoms with Crippen LogP contribution in [0.25, 0.3) is 0 Å². The lowest BCUT2D eigenvalue weighted by atomic mass is 10.0. The SMILES string of the molecule is COc1ccc(NC(=O)C(c2ccc(O)cc2)N(CC#N)C(=O)C(CC(N)=O)NC(=O)OC(C)(C)C)cc1. The van der Waals surface area contributed by atoms with Gasteiger partial charge in [0.1, 0.15) is 35.7 Å². The third kappa shape index (κ3) is 8.70. The molecule has 4 amide bonds. The fourth-order valence-electron chi connectivity index (χ4n) is 3.44. The lowest BCUT2D eigenvalue weighted by Crippen LogP contribution is -2.53. The molecular formula is C26H31N5O7. The summed E-state index contributed by atoms with van der Waals surface area (Å²) in [5.74, 6) is -2.04. The largest absolute Gasteiger partial charge is 0.508 e. The summed E-state index contributed by atoms with van der Waals surface area (Å²) in [7, 11) is 1.49. The quantitative estimate of drug-likeness (QED) is 0.340. The molecule has 0 saturated heterocycles. The van der Waals surface area contributed by atoms with E-state index in [-0.39, 0.29) is 11.3 Å². The van der Waals surface area contributed by atoms with Crippen LogP contribution in [0, 0.1) is 11.3 Å². The van der Waals surface area contributed by atoms with Crippen LogP contribution in [-0.2, 0) is 19.1 Å². The van der Waals surface area contributed by atoms with Crippen molar-refractivity contribution in [3.8, 4) is 17.6 Å². The van der Waals surface area contributed by atoms with E-state index in [9.17, 15) is 29.5 Å². The number of nitriles is 1. The lowest BCUT2D eigenvalue weighted by Gasteiger charge is -2.32. The number of carbonyl (C=O) groups is 4. The van der Waals surface area contributed by atoms with Crippen LogP contribution in [0.4, 0.5) is 10.5 Å². The van der Waals surface area contributed by atoms with Gasteiger partial charge in [-0.1, -0.05) is 12.1 Å². The van der Waals surface area contributed by atoms with Crippen LogP contribution < -0.4 is 21.1 Å². The van der Waals surface area contributed by atoms with Crippen LogP contribution in [-0.4, -0.2) is 59.1 Å². The van der Waals surface area contributed by atoms with E-state index < -0.39 is 54.5 Å². The molecule has 2 atom stereocenters. The number of aromatic hydroxyl groups is 1. The van der Waals surface area contributed by atoms with Gasteiger partial charge in [0.05, 0.1) is 19.6 Å². The number of anilines is 1. The second kappa shape index (κ2) is 13.0. The molecule has 5 N–H and O–H groups in total. The van der Waals surface area contributed by atoms with Gasteiger partial charge in [0.2, 0.25) is 11.8 Å². The number of nitrogens with zero attached hydrogens (tertiary/aromatic N) is 2. The highest BCUT2D eigenvalue weighted by Crippen LogP contribution is 2.26. The van der Waals surface area contributed by atoms with E-state index in [1.165, 1.54) is 31.4 Å². The van der Waals surface area contributed by atoms with Gasteiger partial charge >= 0.3 is 6.09 Å². The first-order valence-electron chi connectivity index (χ1n) is 11.5. The molecular weight excluding hydrogens is 494 g/mol. The predicted molar refractivity (Wildman–Crippen MR) is 137 cm³/mol. The van der Waals surface area contributed by atoms with Gasteiger partial charge in [0.25, 0.3) is 5.91 Å². The maximum atomic E-state index is 13.6. The minimum absolute atomic E-state index is 0.0839. The smallest absolute Gasteiger partial charge is 0.408 e. The van der Waals surface area contributed by atoms with Crippen LogP contribution >= 0.6 is 0 Å². The number of hydrogen-bond donors (Lipinski definition) is 4. The van der Waals surface area contributed by atoms with Crippen molar-refractivity contribution in [2.45, 2.75) is 44.9 Å². The van der Waals surface area contributed by atoms with E-state index in [1.54, 1.807) is 45.0 Å². The number of ether oxygens (including phenoxy) is 2. The Hall–Kier alpha value is -4.79. The summed E-state index contributed by atoms with van der Waals surface area (Å²) < 4.78 is 10.3. The summed E-state index contributed by atoms with van der Waals surface area (Å²) in [6.07, 6.45) is -1.60. The summed E-state index contributed by atoms with van der Waals surface area (Å²) >= 11 is 0. The van der Waals surface area contributed by atoms with Crippen molar-refractivity contribution in [3.63, 3.8) is 0 Å². The summed E-state index contributed by atoms with van der Waals surface area (Å²) in [6, 6.07) is 10.8. The van der Waals surface area contributed by atoms with E-state index in [2.05, 4.69) is 10.6 Å². The van der Waals surface area contributed by atoms with Gasteiger partial charge < -0.3 is 35.8 Å². The van der Waals surface area contributed by atoms with Gasteiger partial charge in [-0.3, -0.25) is 14.4 Å². The molecule has 2 rings (SSSR count). The number of benzene rings is 2. The van der Waals surface area contributed by atoms with Crippen LogP contribution in [0.5, 0.6) is 11.5 Å². The zero-order valence-corrected chi connectivity index (χ0v) is 21.6. The van der Waals surface area contributed by atoms with Crippen molar-refractivity contribution in [1.29, 1.82) is 5.26 Å². The van der Waals surface area contributed by atoms with Crippen molar-refractivity contribution >= 4 is 29.5 Å². The molecule has 0 radical (unpaired) electrons. The van der Waals surface area contributed by atoms with Gasteiger partial charge in [0.15, 0.2) is 0 Å². The average molecular weight is 526 g/mol. The highest BCUT2D eigenvalue weighted by atomic mass is 16.6. The van der Waals surface area contributed by atoms with E-state index in [0.717, 1.165) is 4.90 Å². The number of primary amides is 1. The molecule has 12 nitrogen and oxygen atoms in total. The second-order valence-electron chi connectivity index (χ2n) is 9.21. The van der Waals surface area contributed by atoms with Crippen molar-refractivity contribution in [1.82, 2.24) is 10.2 Å². The Morgan fingerprint density at radius 2 is 1.68 bits per heavy atom. The zero-order valence-electron chi connectivity index (χ0n) is 21.6. The number of rotatable bonds is 10. The van der Waals surface area contributed by atoms with E-state index in [0.29, 0.717) is 11.4 Å². The van der Waals surface area contributed by atoms with E-state index >= 15 is 0 Å². The van der Waals surface area contributed by atoms with Crippen molar-refractivity contribution in [2.75, 3.05) is 19.0 Å². The molecule has 0 aliphatic rings. The van der Waals surface area contributed by atoms with Crippen molar-refractivity contribution in [3.05, 3.63) is 54.1 Å². The summed E-state index contributed by atoms with van der Waals surface area (Å²) in [5, 5.41) is 24.3. The van der Waals surface area contributed by atoms with E-state index in [1.807, 2.05) is 6.07 Å². The first-order chi connectivity index (χ1) is 17.8. The maximum absolute atomic E-state index is 13.6. The topological polar surface area (TPSA) is 184 Å². The Bertz CT molecular complexity index is 1180. The third-order valence-electron chi connectivity index (χ3n) is 5.04. The number of carbonyl (C=O) groups excluding carboxylic acids is 4.